The minimum absolute atomic E-state index is 0.000707. The molecule has 1 amide bonds. The van der Waals surface area contributed by atoms with E-state index in [1.807, 2.05) is 71.6 Å². The highest BCUT2D eigenvalue weighted by atomic mass is 79.9. The molecular formula is C29H29BrN4O3. The van der Waals surface area contributed by atoms with Gasteiger partial charge in [-0.25, -0.2) is 4.98 Å². The number of carbonyl (C=O) groups is 1. The van der Waals surface area contributed by atoms with Crippen LogP contribution in [-0.2, 0) is 0 Å². The van der Waals surface area contributed by atoms with Crippen LogP contribution in [0.1, 0.15) is 36.1 Å². The molecule has 1 saturated heterocycles. The van der Waals surface area contributed by atoms with Crippen molar-refractivity contribution in [2.45, 2.75) is 25.9 Å². The van der Waals surface area contributed by atoms with Gasteiger partial charge in [-0.2, -0.15) is 0 Å². The second-order valence-corrected chi connectivity index (χ2v) is 10.2. The molecule has 0 radical (unpaired) electrons. The average Bonchev–Trinajstić information content (AvgIpc) is 2.92. The van der Waals surface area contributed by atoms with Gasteiger partial charge in [0, 0.05) is 35.7 Å². The number of rotatable bonds is 5. The molecule has 0 aliphatic carbocycles. The number of para-hydroxylation sites is 3. The van der Waals surface area contributed by atoms with Crippen molar-refractivity contribution in [3.63, 3.8) is 0 Å². The molecule has 2 heterocycles. The Balaban J connectivity index is 1.50. The largest absolute Gasteiger partial charge is 0.495 e. The minimum Gasteiger partial charge on any atom is -0.495 e. The summed E-state index contributed by atoms with van der Waals surface area (Å²) in [7, 11) is 1.60. The molecular weight excluding hydrogens is 532 g/mol. The van der Waals surface area contributed by atoms with Gasteiger partial charge in [0.25, 0.3) is 11.5 Å². The van der Waals surface area contributed by atoms with Crippen molar-refractivity contribution in [3.05, 3.63) is 99.0 Å². The lowest BCUT2D eigenvalue weighted by Crippen LogP contribution is -2.54. The van der Waals surface area contributed by atoms with Gasteiger partial charge in [-0.3, -0.25) is 19.1 Å². The van der Waals surface area contributed by atoms with Crippen molar-refractivity contribution in [2.24, 2.45) is 0 Å². The van der Waals surface area contributed by atoms with Crippen LogP contribution in [0.2, 0.25) is 0 Å². The van der Waals surface area contributed by atoms with Crippen LogP contribution in [0.4, 0.5) is 0 Å². The van der Waals surface area contributed by atoms with Gasteiger partial charge in [-0.15, -0.1) is 0 Å². The lowest BCUT2D eigenvalue weighted by Gasteiger charge is -2.42. The number of hydrogen-bond donors (Lipinski definition) is 0. The van der Waals surface area contributed by atoms with Gasteiger partial charge >= 0.3 is 0 Å². The van der Waals surface area contributed by atoms with Gasteiger partial charge in [0.05, 0.1) is 29.7 Å². The van der Waals surface area contributed by atoms with Crippen LogP contribution in [0, 0.1) is 0 Å². The molecule has 1 aromatic heterocycles. The van der Waals surface area contributed by atoms with Crippen LogP contribution in [0.3, 0.4) is 0 Å². The summed E-state index contributed by atoms with van der Waals surface area (Å²) >= 11 is 3.43. The fourth-order valence-electron chi connectivity index (χ4n) is 5.04. The summed E-state index contributed by atoms with van der Waals surface area (Å²) in [4.78, 5) is 36.2. The second-order valence-electron chi connectivity index (χ2n) is 9.32. The Labute approximate surface area is 224 Å². The maximum atomic E-state index is 13.8. The zero-order valence-corrected chi connectivity index (χ0v) is 22.7. The van der Waals surface area contributed by atoms with Crippen molar-refractivity contribution in [2.75, 3.05) is 26.7 Å². The summed E-state index contributed by atoms with van der Waals surface area (Å²) in [6, 6.07) is 22.2. The third-order valence-corrected chi connectivity index (χ3v) is 7.59. The van der Waals surface area contributed by atoms with E-state index in [0.29, 0.717) is 53.4 Å². The third kappa shape index (κ3) is 4.79. The van der Waals surface area contributed by atoms with Crippen LogP contribution in [0.15, 0.2) is 82.1 Å². The number of carbonyl (C=O) groups excluding carboxylic acids is 1. The third-order valence-electron chi connectivity index (χ3n) is 7.06. The second kappa shape index (κ2) is 10.5. The van der Waals surface area contributed by atoms with Gasteiger partial charge < -0.3 is 9.64 Å². The molecule has 0 bridgehead atoms. The summed E-state index contributed by atoms with van der Waals surface area (Å²) < 4.78 is 8.23. The summed E-state index contributed by atoms with van der Waals surface area (Å²) in [6.07, 6.45) is 0. The molecule has 5 rings (SSSR count). The Morgan fingerprint density at radius 3 is 2.46 bits per heavy atom. The first-order chi connectivity index (χ1) is 17.9. The van der Waals surface area contributed by atoms with E-state index < -0.39 is 0 Å². The van der Waals surface area contributed by atoms with E-state index in [2.05, 4.69) is 34.7 Å². The maximum absolute atomic E-state index is 13.8. The summed E-state index contributed by atoms with van der Waals surface area (Å²) in [5, 5.41) is 0.558. The van der Waals surface area contributed by atoms with Crippen molar-refractivity contribution < 1.29 is 9.53 Å². The van der Waals surface area contributed by atoms with E-state index >= 15 is 0 Å². The molecule has 0 saturated carbocycles. The van der Waals surface area contributed by atoms with E-state index in [1.54, 1.807) is 17.7 Å². The van der Waals surface area contributed by atoms with E-state index in [4.69, 9.17) is 9.72 Å². The number of nitrogens with zero attached hydrogens (tertiary/aromatic N) is 4. The first-order valence-electron chi connectivity index (χ1n) is 12.3. The van der Waals surface area contributed by atoms with Crippen LogP contribution in [-0.4, -0.2) is 58.0 Å². The number of benzene rings is 3. The normalized spacial score (nSPS) is 17.1. The molecule has 3 aromatic carbocycles. The Bertz CT molecular complexity index is 1500. The number of hydrogen-bond acceptors (Lipinski definition) is 5. The molecule has 7 nitrogen and oxygen atoms in total. The summed E-state index contributed by atoms with van der Waals surface area (Å²) in [5.41, 5.74) is 1.87. The molecule has 190 valence electrons. The number of piperazine rings is 1. The first-order valence-corrected chi connectivity index (χ1v) is 13.1. The Morgan fingerprint density at radius 1 is 1.03 bits per heavy atom. The van der Waals surface area contributed by atoms with Gasteiger partial charge in [0.1, 0.15) is 11.6 Å². The molecule has 1 fully saturated rings. The van der Waals surface area contributed by atoms with E-state index in [1.165, 1.54) is 0 Å². The smallest absolute Gasteiger partial charge is 0.266 e. The summed E-state index contributed by atoms with van der Waals surface area (Å²) in [5.74, 6) is 1.28. The van der Waals surface area contributed by atoms with Crippen LogP contribution >= 0.6 is 15.9 Å². The van der Waals surface area contributed by atoms with Crippen molar-refractivity contribution in [3.8, 4) is 11.4 Å². The number of fused-ring (bicyclic) bond motifs is 1. The molecule has 0 spiro atoms. The number of amides is 1. The number of aromatic nitrogens is 2. The standard InChI is InChI=1S/C29H29BrN4O3/c1-19-18-32(16-17-33(19)28(35)21-12-14-22(30)15-13-21)20(2)27-31-24-9-5-4-8-23(24)29(36)34(27)25-10-6-7-11-26(25)37-3/h4-15,19-20H,16-18H2,1-3H3. The molecule has 2 atom stereocenters. The predicted octanol–water partition coefficient (Wildman–Crippen LogP) is 5.06. The van der Waals surface area contributed by atoms with Crippen LogP contribution < -0.4 is 10.3 Å². The topological polar surface area (TPSA) is 67.7 Å². The van der Waals surface area contributed by atoms with Gasteiger partial charge in [-0.05, 0) is 62.4 Å². The van der Waals surface area contributed by atoms with Crippen LogP contribution in [0.5, 0.6) is 5.75 Å². The SMILES string of the molecule is COc1ccccc1-n1c(C(C)N2CCN(C(=O)c3ccc(Br)cc3)C(C)C2)nc2ccccc2c1=O. The van der Waals surface area contributed by atoms with Crippen molar-refractivity contribution >= 4 is 32.7 Å². The lowest BCUT2D eigenvalue weighted by atomic mass is 10.1. The fraction of sp³-hybridized carbons (Fsp3) is 0.276. The zero-order chi connectivity index (χ0) is 26.1. The molecule has 37 heavy (non-hydrogen) atoms. The molecule has 8 heteroatoms. The quantitative estimate of drug-likeness (QED) is 0.341. The zero-order valence-electron chi connectivity index (χ0n) is 21.1. The summed E-state index contributed by atoms with van der Waals surface area (Å²) in [6.45, 7) is 6.06. The Hall–Kier alpha value is -3.49. The van der Waals surface area contributed by atoms with E-state index in [-0.39, 0.29) is 23.6 Å². The Morgan fingerprint density at radius 2 is 1.73 bits per heavy atom. The number of methoxy groups -OCH3 is 1. The van der Waals surface area contributed by atoms with Gasteiger partial charge in [0.15, 0.2) is 0 Å². The van der Waals surface area contributed by atoms with E-state index in [0.717, 1.165) is 4.47 Å². The average molecular weight is 561 g/mol. The predicted molar refractivity (Wildman–Crippen MR) is 149 cm³/mol. The number of ether oxygens (including phenoxy) is 1. The first kappa shape index (κ1) is 25.2. The maximum Gasteiger partial charge on any atom is 0.266 e. The monoisotopic (exact) mass is 560 g/mol. The highest BCUT2D eigenvalue weighted by Gasteiger charge is 2.32. The van der Waals surface area contributed by atoms with Gasteiger partial charge in [-0.1, -0.05) is 40.2 Å². The molecule has 0 N–H and O–H groups in total. The molecule has 1 aliphatic heterocycles. The number of halogens is 1. The molecule has 4 aromatic rings. The van der Waals surface area contributed by atoms with Crippen molar-refractivity contribution in [1.82, 2.24) is 19.4 Å². The van der Waals surface area contributed by atoms with Crippen LogP contribution in [0.25, 0.3) is 16.6 Å². The fourth-order valence-corrected chi connectivity index (χ4v) is 5.30. The van der Waals surface area contributed by atoms with Gasteiger partial charge in [0.2, 0.25) is 0 Å². The lowest BCUT2D eigenvalue weighted by molar-refractivity contribution is 0.0394. The molecule has 2 unspecified atom stereocenters. The van der Waals surface area contributed by atoms with Crippen molar-refractivity contribution in [1.29, 1.82) is 0 Å². The molecule has 1 aliphatic rings. The highest BCUT2D eigenvalue weighted by Crippen LogP contribution is 2.29. The minimum atomic E-state index is -0.172. The highest BCUT2D eigenvalue weighted by molar-refractivity contribution is 9.10. The van der Waals surface area contributed by atoms with E-state index in [9.17, 15) is 9.59 Å². The Kier molecular flexibility index (Phi) is 7.13.